The Hall–Kier alpha value is -4.28. The topological polar surface area (TPSA) is 128 Å². The van der Waals surface area contributed by atoms with Crippen LogP contribution in [0, 0.1) is 0 Å². The van der Waals surface area contributed by atoms with E-state index >= 15 is 0 Å². The summed E-state index contributed by atoms with van der Waals surface area (Å²) in [6, 6.07) is 10.2. The van der Waals surface area contributed by atoms with Gasteiger partial charge in [0.1, 0.15) is 0 Å². The normalized spacial score (nSPS) is 14.1. The van der Waals surface area contributed by atoms with Gasteiger partial charge in [0.05, 0.1) is 13.3 Å². The zero-order valence-corrected chi connectivity index (χ0v) is 19.2. The summed E-state index contributed by atoms with van der Waals surface area (Å²) in [4.78, 5) is 38.0. The third-order valence-corrected chi connectivity index (χ3v) is 5.47. The van der Waals surface area contributed by atoms with Crippen molar-refractivity contribution in [2.24, 2.45) is 5.10 Å². The number of nitrogens with zero attached hydrogens (tertiary/aromatic N) is 2. The van der Waals surface area contributed by atoms with E-state index in [0.29, 0.717) is 28.6 Å². The molecule has 0 radical (unpaired) electrons. The lowest BCUT2D eigenvalue weighted by Gasteiger charge is -2.16. The number of likely N-dealkylation sites (tertiary alicyclic amines) is 1. The second-order valence-corrected chi connectivity index (χ2v) is 7.86. The summed E-state index contributed by atoms with van der Waals surface area (Å²) in [6.07, 6.45) is 3.40. The van der Waals surface area contributed by atoms with Crippen LogP contribution in [0.15, 0.2) is 41.5 Å². The van der Waals surface area contributed by atoms with Crippen molar-refractivity contribution >= 4 is 23.9 Å². The highest BCUT2D eigenvalue weighted by atomic mass is 16.7. The third kappa shape index (κ3) is 6.19. The van der Waals surface area contributed by atoms with Crippen molar-refractivity contribution in [2.45, 2.75) is 19.4 Å². The molecule has 0 aliphatic carbocycles. The Kier molecular flexibility index (Phi) is 7.66. The number of ether oxygens (including phenoxy) is 4. The van der Waals surface area contributed by atoms with E-state index in [1.165, 1.54) is 13.3 Å². The van der Waals surface area contributed by atoms with E-state index < -0.39 is 11.8 Å². The predicted molar refractivity (Wildman–Crippen MR) is 124 cm³/mol. The number of hydrogen-bond acceptors (Lipinski definition) is 8. The quantitative estimate of drug-likeness (QED) is 0.329. The second-order valence-electron chi connectivity index (χ2n) is 7.86. The van der Waals surface area contributed by atoms with Gasteiger partial charge in [0.15, 0.2) is 29.6 Å². The van der Waals surface area contributed by atoms with Gasteiger partial charge < -0.3 is 29.2 Å². The summed E-state index contributed by atoms with van der Waals surface area (Å²) in [5, 5.41) is 6.34. The number of fused-ring (bicyclic) bond motifs is 1. The molecule has 2 heterocycles. The summed E-state index contributed by atoms with van der Waals surface area (Å²) in [6.45, 7) is 1.76. The zero-order chi connectivity index (χ0) is 24.6. The smallest absolute Gasteiger partial charge is 0.329 e. The van der Waals surface area contributed by atoms with Gasteiger partial charge in [-0.3, -0.25) is 14.4 Å². The maximum absolute atomic E-state index is 12.2. The van der Waals surface area contributed by atoms with Gasteiger partial charge in [-0.2, -0.15) is 5.10 Å². The SMILES string of the molecule is COc1cc(/C=N\NC(=O)C(=O)NCc2ccc3c(c2)OCO3)ccc1OCC(=O)N1CCCC1. The summed E-state index contributed by atoms with van der Waals surface area (Å²) >= 11 is 0. The monoisotopic (exact) mass is 482 g/mol. The number of rotatable bonds is 8. The van der Waals surface area contributed by atoms with E-state index in [9.17, 15) is 14.4 Å². The van der Waals surface area contributed by atoms with Crippen molar-refractivity contribution in [1.29, 1.82) is 0 Å². The van der Waals surface area contributed by atoms with Gasteiger partial charge >= 0.3 is 11.8 Å². The van der Waals surface area contributed by atoms with Crippen LogP contribution in [-0.4, -0.2) is 62.4 Å². The first kappa shape index (κ1) is 23.9. The average Bonchev–Trinajstić information content (AvgIpc) is 3.58. The van der Waals surface area contributed by atoms with Crippen LogP contribution >= 0.6 is 0 Å². The number of amides is 3. The van der Waals surface area contributed by atoms with Gasteiger partial charge in [0.25, 0.3) is 5.91 Å². The molecule has 3 amide bonds. The van der Waals surface area contributed by atoms with Gasteiger partial charge in [-0.25, -0.2) is 5.43 Å². The molecule has 2 aromatic carbocycles. The first-order valence-corrected chi connectivity index (χ1v) is 11.1. The lowest BCUT2D eigenvalue weighted by atomic mass is 10.2. The molecule has 0 atom stereocenters. The maximum Gasteiger partial charge on any atom is 0.329 e. The molecule has 2 N–H and O–H groups in total. The highest BCUT2D eigenvalue weighted by Gasteiger charge is 2.19. The Balaban J connectivity index is 1.25. The molecule has 35 heavy (non-hydrogen) atoms. The summed E-state index contributed by atoms with van der Waals surface area (Å²) < 4.78 is 21.5. The van der Waals surface area contributed by atoms with E-state index in [2.05, 4.69) is 15.8 Å². The summed E-state index contributed by atoms with van der Waals surface area (Å²) in [5.74, 6) is 0.266. The lowest BCUT2D eigenvalue weighted by Crippen LogP contribution is -2.37. The Morgan fingerprint density at radius 1 is 1.03 bits per heavy atom. The van der Waals surface area contributed by atoms with E-state index in [1.807, 2.05) is 0 Å². The number of benzene rings is 2. The van der Waals surface area contributed by atoms with Crippen LogP contribution in [0.4, 0.5) is 0 Å². The van der Waals surface area contributed by atoms with Crippen molar-refractivity contribution in [1.82, 2.24) is 15.6 Å². The lowest BCUT2D eigenvalue weighted by molar-refractivity contribution is -0.139. The summed E-state index contributed by atoms with van der Waals surface area (Å²) in [5.41, 5.74) is 3.54. The Morgan fingerprint density at radius 2 is 1.83 bits per heavy atom. The van der Waals surface area contributed by atoms with Crippen molar-refractivity contribution in [2.75, 3.05) is 33.6 Å². The molecular formula is C24H26N4O7. The van der Waals surface area contributed by atoms with Crippen LogP contribution in [0.5, 0.6) is 23.0 Å². The van der Waals surface area contributed by atoms with Crippen LogP contribution < -0.4 is 29.7 Å². The van der Waals surface area contributed by atoms with Crippen LogP contribution in [0.3, 0.4) is 0 Å². The van der Waals surface area contributed by atoms with E-state index in [0.717, 1.165) is 31.5 Å². The highest BCUT2D eigenvalue weighted by Crippen LogP contribution is 2.32. The Morgan fingerprint density at radius 3 is 2.63 bits per heavy atom. The molecule has 0 aromatic heterocycles. The van der Waals surface area contributed by atoms with Crippen LogP contribution in [0.25, 0.3) is 0 Å². The molecule has 2 aliphatic rings. The maximum atomic E-state index is 12.2. The minimum Gasteiger partial charge on any atom is -0.493 e. The van der Waals surface area contributed by atoms with Crippen LogP contribution in [0.2, 0.25) is 0 Å². The van der Waals surface area contributed by atoms with E-state index in [1.54, 1.807) is 41.3 Å². The molecule has 184 valence electrons. The number of carbonyl (C=O) groups is 3. The fraction of sp³-hybridized carbons (Fsp3) is 0.333. The fourth-order valence-corrected chi connectivity index (χ4v) is 3.61. The molecule has 1 fully saturated rings. The average molecular weight is 482 g/mol. The van der Waals surface area contributed by atoms with E-state index in [4.69, 9.17) is 18.9 Å². The molecule has 0 unspecified atom stereocenters. The molecule has 1 saturated heterocycles. The number of hydrogen-bond donors (Lipinski definition) is 2. The molecule has 0 bridgehead atoms. The molecule has 11 nitrogen and oxygen atoms in total. The predicted octanol–water partition coefficient (Wildman–Crippen LogP) is 1.19. The van der Waals surface area contributed by atoms with Crippen LogP contribution in [0.1, 0.15) is 24.0 Å². The summed E-state index contributed by atoms with van der Waals surface area (Å²) in [7, 11) is 1.48. The molecule has 4 rings (SSSR count). The van der Waals surface area contributed by atoms with Crippen molar-refractivity contribution in [3.63, 3.8) is 0 Å². The number of hydrazone groups is 1. The van der Waals surface area contributed by atoms with Gasteiger partial charge in [0.2, 0.25) is 6.79 Å². The largest absolute Gasteiger partial charge is 0.493 e. The first-order chi connectivity index (χ1) is 17.0. The molecule has 0 spiro atoms. The first-order valence-electron chi connectivity index (χ1n) is 11.1. The minimum atomic E-state index is -0.908. The molecular weight excluding hydrogens is 456 g/mol. The standard InChI is InChI=1S/C24H26N4O7/c1-32-20-10-17(5-6-18(20)33-14-22(29)28-8-2-3-9-28)13-26-27-24(31)23(30)25-12-16-4-7-19-21(11-16)35-15-34-19/h4-7,10-11,13H,2-3,8-9,12,14-15H2,1H3,(H,25,30)(H,27,31)/b26-13-. The minimum absolute atomic E-state index is 0.0605. The Labute approximate surface area is 202 Å². The molecule has 0 saturated carbocycles. The second kappa shape index (κ2) is 11.2. The fourth-order valence-electron chi connectivity index (χ4n) is 3.61. The Bertz CT molecular complexity index is 1130. The van der Waals surface area contributed by atoms with Gasteiger partial charge in [0, 0.05) is 19.6 Å². The number of nitrogens with one attached hydrogen (secondary N) is 2. The van der Waals surface area contributed by atoms with Crippen molar-refractivity contribution < 1.29 is 33.3 Å². The molecule has 2 aromatic rings. The zero-order valence-electron chi connectivity index (χ0n) is 19.2. The number of carbonyl (C=O) groups excluding carboxylic acids is 3. The van der Waals surface area contributed by atoms with E-state index in [-0.39, 0.29) is 25.9 Å². The third-order valence-electron chi connectivity index (χ3n) is 5.47. The molecule has 2 aliphatic heterocycles. The molecule has 11 heteroatoms. The van der Waals surface area contributed by atoms with Crippen molar-refractivity contribution in [3.05, 3.63) is 47.5 Å². The van der Waals surface area contributed by atoms with Gasteiger partial charge in [-0.05, 0) is 54.3 Å². The van der Waals surface area contributed by atoms with Crippen molar-refractivity contribution in [3.8, 4) is 23.0 Å². The van der Waals surface area contributed by atoms with Crippen LogP contribution in [-0.2, 0) is 20.9 Å². The number of methoxy groups -OCH3 is 1. The van der Waals surface area contributed by atoms with Gasteiger partial charge in [-0.15, -0.1) is 0 Å². The van der Waals surface area contributed by atoms with Gasteiger partial charge in [-0.1, -0.05) is 6.07 Å². The highest BCUT2D eigenvalue weighted by molar-refractivity contribution is 6.35.